The number of rotatable bonds is 8. The number of benzene rings is 1. The summed E-state index contributed by atoms with van der Waals surface area (Å²) in [5.74, 6) is 0.321. The van der Waals surface area contributed by atoms with Gasteiger partial charge in [-0.05, 0) is 30.0 Å². The lowest BCUT2D eigenvalue weighted by Crippen LogP contribution is -2.51. The van der Waals surface area contributed by atoms with Crippen LogP contribution >= 0.6 is 11.6 Å². The maximum absolute atomic E-state index is 13.5. The van der Waals surface area contributed by atoms with Gasteiger partial charge in [-0.2, -0.15) is 0 Å². The number of aliphatic hydroxyl groups is 1. The molecule has 0 bridgehead atoms. The molecule has 2 aliphatic rings. The third kappa shape index (κ3) is 5.32. The number of carbonyl (C=O) groups is 2. The van der Waals surface area contributed by atoms with Crippen LogP contribution in [0.15, 0.2) is 30.6 Å². The van der Waals surface area contributed by atoms with E-state index in [1.165, 1.54) is 6.33 Å². The average Bonchev–Trinajstić information content (AvgIpc) is 3.13. The highest BCUT2D eigenvalue weighted by atomic mass is 35.5. The molecule has 10 heteroatoms. The molecular weight excluding hydrogens is 456 g/mol. The highest BCUT2D eigenvalue weighted by Gasteiger charge is 2.35. The second kappa shape index (κ2) is 10.7. The highest BCUT2D eigenvalue weighted by Crippen LogP contribution is 2.42. The molecule has 1 aromatic heterocycles. The van der Waals surface area contributed by atoms with Crippen LogP contribution in [-0.2, 0) is 9.59 Å². The van der Waals surface area contributed by atoms with Crippen molar-refractivity contribution in [2.75, 3.05) is 44.2 Å². The van der Waals surface area contributed by atoms with Crippen LogP contribution in [0.4, 0.5) is 5.82 Å². The molecule has 1 aliphatic heterocycles. The molecule has 0 unspecified atom stereocenters. The molecule has 34 heavy (non-hydrogen) atoms. The van der Waals surface area contributed by atoms with Crippen molar-refractivity contribution >= 4 is 29.2 Å². The lowest BCUT2D eigenvalue weighted by atomic mass is 9.97. The lowest BCUT2D eigenvalue weighted by molar-refractivity contribution is -0.133. The summed E-state index contributed by atoms with van der Waals surface area (Å²) in [6.45, 7) is 5.36. The van der Waals surface area contributed by atoms with Crippen molar-refractivity contribution in [2.24, 2.45) is 5.73 Å². The minimum Gasteiger partial charge on any atom is -0.387 e. The first-order chi connectivity index (χ1) is 16.3. The molecule has 1 aliphatic carbocycles. The molecule has 2 amide bonds. The molecule has 0 radical (unpaired) electrons. The zero-order valence-electron chi connectivity index (χ0n) is 19.3. The third-order valence-corrected chi connectivity index (χ3v) is 6.89. The van der Waals surface area contributed by atoms with Gasteiger partial charge >= 0.3 is 0 Å². The Balaban J connectivity index is 1.44. The summed E-state index contributed by atoms with van der Waals surface area (Å²) in [5.41, 5.74) is 7.85. The maximum Gasteiger partial charge on any atom is 0.231 e. The van der Waals surface area contributed by atoms with Crippen molar-refractivity contribution in [3.63, 3.8) is 0 Å². The van der Waals surface area contributed by atoms with E-state index in [2.05, 4.69) is 27.1 Å². The van der Waals surface area contributed by atoms with Gasteiger partial charge in [0.2, 0.25) is 11.8 Å². The van der Waals surface area contributed by atoms with Gasteiger partial charge in [-0.25, -0.2) is 9.97 Å². The number of halogens is 1. The van der Waals surface area contributed by atoms with E-state index in [4.69, 9.17) is 17.3 Å². The van der Waals surface area contributed by atoms with Gasteiger partial charge in [0.1, 0.15) is 12.1 Å². The number of nitrogens with two attached hydrogens (primary N) is 1. The summed E-state index contributed by atoms with van der Waals surface area (Å²) in [7, 11) is 0. The fourth-order valence-electron chi connectivity index (χ4n) is 4.81. The van der Waals surface area contributed by atoms with Crippen LogP contribution in [0.25, 0.3) is 0 Å². The van der Waals surface area contributed by atoms with Gasteiger partial charge in [0.05, 0.1) is 17.7 Å². The second-order valence-electron chi connectivity index (χ2n) is 8.99. The van der Waals surface area contributed by atoms with Gasteiger partial charge in [-0.1, -0.05) is 30.7 Å². The molecule has 3 atom stereocenters. The molecule has 2 heterocycles. The fourth-order valence-corrected chi connectivity index (χ4v) is 4.94. The molecule has 2 aromatic rings. The smallest absolute Gasteiger partial charge is 0.231 e. The zero-order valence-corrected chi connectivity index (χ0v) is 20.0. The van der Waals surface area contributed by atoms with Gasteiger partial charge < -0.3 is 26.0 Å². The van der Waals surface area contributed by atoms with Gasteiger partial charge in [0.15, 0.2) is 0 Å². The number of piperazine rings is 1. The Morgan fingerprint density at radius 3 is 2.59 bits per heavy atom. The van der Waals surface area contributed by atoms with Crippen LogP contribution in [0.1, 0.15) is 54.5 Å². The molecule has 1 saturated heterocycles. The summed E-state index contributed by atoms with van der Waals surface area (Å²) >= 11 is 6.05. The van der Waals surface area contributed by atoms with E-state index in [0.717, 1.165) is 22.6 Å². The van der Waals surface area contributed by atoms with Crippen LogP contribution < -0.4 is 16.0 Å². The molecule has 0 spiro atoms. The lowest BCUT2D eigenvalue weighted by Gasteiger charge is -2.38. The number of carbonyl (C=O) groups excluding carboxylic acids is 2. The highest BCUT2D eigenvalue weighted by molar-refractivity contribution is 6.30. The predicted octanol–water partition coefficient (Wildman–Crippen LogP) is 1.57. The van der Waals surface area contributed by atoms with E-state index < -0.39 is 12.0 Å². The van der Waals surface area contributed by atoms with Crippen molar-refractivity contribution < 1.29 is 14.7 Å². The van der Waals surface area contributed by atoms with E-state index in [9.17, 15) is 14.7 Å². The standard InChI is InChI=1S/C24H31ClN6O3/c1-15-12-19(32)22-21(15)23(29-14-28-22)30-8-10-31(11-9-30)24(34)18(13-27-7-6-20(26)33)16-2-4-17(25)5-3-16/h2-5,14-15,18-19,27,32H,6-13H2,1H3,(H2,26,33)/t15-,18-,19+/m1/s1. The number of aromatic nitrogens is 2. The van der Waals surface area contributed by atoms with E-state index in [1.807, 2.05) is 17.0 Å². The van der Waals surface area contributed by atoms with Crippen LogP contribution in [0.2, 0.25) is 5.02 Å². The Bertz CT molecular complexity index is 1030. The van der Waals surface area contributed by atoms with E-state index in [0.29, 0.717) is 50.7 Å². The molecule has 1 aromatic carbocycles. The Morgan fingerprint density at radius 1 is 1.21 bits per heavy atom. The van der Waals surface area contributed by atoms with Crippen LogP contribution in [0.5, 0.6) is 0 Å². The number of anilines is 1. The van der Waals surface area contributed by atoms with Crippen LogP contribution in [0, 0.1) is 0 Å². The van der Waals surface area contributed by atoms with Crippen LogP contribution in [0.3, 0.4) is 0 Å². The van der Waals surface area contributed by atoms with Crippen molar-refractivity contribution in [3.05, 3.63) is 52.4 Å². The number of fused-ring (bicyclic) bond motifs is 1. The molecule has 1 fully saturated rings. The first-order valence-electron chi connectivity index (χ1n) is 11.7. The predicted molar refractivity (Wildman–Crippen MR) is 130 cm³/mol. The van der Waals surface area contributed by atoms with Crippen molar-refractivity contribution in [1.29, 1.82) is 0 Å². The number of hydrogen-bond acceptors (Lipinski definition) is 7. The molecule has 4 rings (SSSR count). The fraction of sp³-hybridized carbons (Fsp3) is 0.500. The van der Waals surface area contributed by atoms with Gasteiger partial charge in [-0.15, -0.1) is 0 Å². The molecule has 0 saturated carbocycles. The quantitative estimate of drug-likeness (QED) is 0.483. The summed E-state index contributed by atoms with van der Waals surface area (Å²) in [4.78, 5) is 37.5. The SMILES string of the molecule is C[C@@H]1C[C@H](O)c2ncnc(N3CCN(C(=O)[C@H](CNCCC(N)=O)c4ccc(Cl)cc4)CC3)c21. The van der Waals surface area contributed by atoms with E-state index in [1.54, 1.807) is 12.1 Å². The third-order valence-electron chi connectivity index (χ3n) is 6.64. The van der Waals surface area contributed by atoms with Crippen molar-refractivity contribution in [2.45, 2.75) is 37.7 Å². The first-order valence-corrected chi connectivity index (χ1v) is 12.0. The molecule has 182 valence electrons. The summed E-state index contributed by atoms with van der Waals surface area (Å²) in [6, 6.07) is 7.30. The van der Waals surface area contributed by atoms with E-state index in [-0.39, 0.29) is 24.2 Å². The second-order valence-corrected chi connectivity index (χ2v) is 9.42. The summed E-state index contributed by atoms with van der Waals surface area (Å²) < 4.78 is 0. The molecular formula is C24H31ClN6O3. The number of aliphatic hydroxyl groups excluding tert-OH is 1. The monoisotopic (exact) mass is 486 g/mol. The largest absolute Gasteiger partial charge is 0.387 e. The molecule has 9 nitrogen and oxygen atoms in total. The zero-order chi connectivity index (χ0) is 24.2. The van der Waals surface area contributed by atoms with Crippen molar-refractivity contribution in [3.8, 4) is 0 Å². The van der Waals surface area contributed by atoms with Gasteiger partial charge in [-0.3, -0.25) is 9.59 Å². The Labute approximate surface area is 204 Å². The van der Waals surface area contributed by atoms with Crippen LogP contribution in [-0.4, -0.2) is 71.1 Å². The number of hydrogen-bond donors (Lipinski definition) is 3. The average molecular weight is 487 g/mol. The Kier molecular flexibility index (Phi) is 7.65. The minimum atomic E-state index is -0.545. The van der Waals surface area contributed by atoms with Gasteiger partial charge in [0, 0.05) is 56.3 Å². The maximum atomic E-state index is 13.5. The molecule has 4 N–H and O–H groups in total. The minimum absolute atomic E-state index is 0.0326. The topological polar surface area (TPSA) is 125 Å². The summed E-state index contributed by atoms with van der Waals surface area (Å²) in [6.07, 6.45) is 1.85. The number of amides is 2. The number of primary amides is 1. The van der Waals surface area contributed by atoms with Crippen molar-refractivity contribution in [1.82, 2.24) is 20.2 Å². The normalized spacial score (nSPS) is 20.8. The summed E-state index contributed by atoms with van der Waals surface area (Å²) in [5, 5.41) is 14.1. The Morgan fingerprint density at radius 2 is 1.91 bits per heavy atom. The first kappa shape index (κ1) is 24.4. The number of nitrogens with zero attached hydrogens (tertiary/aromatic N) is 4. The Hall–Kier alpha value is -2.75. The van der Waals surface area contributed by atoms with Gasteiger partial charge in [0.25, 0.3) is 0 Å². The van der Waals surface area contributed by atoms with E-state index >= 15 is 0 Å². The number of nitrogens with one attached hydrogen (secondary N) is 1.